The van der Waals surface area contributed by atoms with Crippen molar-refractivity contribution >= 4 is 17.6 Å². The van der Waals surface area contributed by atoms with Gasteiger partial charge in [0.05, 0.1) is 20.8 Å². The third-order valence-corrected chi connectivity index (χ3v) is 7.71. The molecule has 3 amide bonds. The zero-order valence-electron chi connectivity index (χ0n) is 22.3. The number of hydrogen-bond acceptors (Lipinski definition) is 5. The molecule has 1 saturated carbocycles. The van der Waals surface area contributed by atoms with Crippen LogP contribution in [0.3, 0.4) is 0 Å². The van der Waals surface area contributed by atoms with E-state index in [1.165, 1.54) is 6.07 Å². The molecule has 2 aromatic rings. The van der Waals surface area contributed by atoms with Gasteiger partial charge in [-0.05, 0) is 55.5 Å². The molecule has 0 aromatic heterocycles. The van der Waals surface area contributed by atoms with Crippen LogP contribution in [0.2, 0.25) is 0 Å². The lowest BCUT2D eigenvalue weighted by Crippen LogP contribution is -2.55. The van der Waals surface area contributed by atoms with E-state index >= 15 is 0 Å². The van der Waals surface area contributed by atoms with Crippen molar-refractivity contribution in [3.8, 4) is 11.5 Å². The smallest absolute Gasteiger partial charge is 0.319 e. The molecule has 1 aliphatic heterocycles. The lowest BCUT2D eigenvalue weighted by atomic mass is 9.65. The van der Waals surface area contributed by atoms with Crippen LogP contribution < -0.4 is 25.4 Å². The highest BCUT2D eigenvalue weighted by Crippen LogP contribution is 2.50. The van der Waals surface area contributed by atoms with Crippen LogP contribution in [0, 0.1) is 11.6 Å². The van der Waals surface area contributed by atoms with Crippen molar-refractivity contribution in [3.63, 3.8) is 0 Å². The van der Waals surface area contributed by atoms with Gasteiger partial charge in [-0.25, -0.2) is 13.6 Å². The summed E-state index contributed by atoms with van der Waals surface area (Å²) in [5.74, 6) is -0.711. The Labute approximate surface area is 222 Å². The molecule has 3 atom stereocenters. The summed E-state index contributed by atoms with van der Waals surface area (Å²) in [6.45, 7) is 4.85. The van der Waals surface area contributed by atoms with Crippen molar-refractivity contribution in [2.45, 2.75) is 63.1 Å². The molecule has 0 radical (unpaired) electrons. The van der Waals surface area contributed by atoms with Gasteiger partial charge in [0.1, 0.15) is 0 Å². The van der Waals surface area contributed by atoms with Crippen LogP contribution in [0.1, 0.15) is 45.1 Å². The van der Waals surface area contributed by atoms with E-state index in [0.717, 1.165) is 30.5 Å². The molecule has 2 fully saturated rings. The van der Waals surface area contributed by atoms with E-state index in [9.17, 15) is 18.4 Å². The Morgan fingerprint density at radius 3 is 2.50 bits per heavy atom. The highest BCUT2D eigenvalue weighted by molar-refractivity contribution is 5.89. The number of carbonyl (C=O) groups is 2. The van der Waals surface area contributed by atoms with Crippen molar-refractivity contribution in [3.05, 3.63) is 53.6 Å². The molecule has 2 aromatic carbocycles. The zero-order chi connectivity index (χ0) is 27.4. The van der Waals surface area contributed by atoms with E-state index in [2.05, 4.69) is 16.0 Å². The fourth-order valence-corrected chi connectivity index (χ4v) is 5.78. The monoisotopic (exact) mass is 530 g/mol. The maximum Gasteiger partial charge on any atom is 0.319 e. The second kappa shape index (κ2) is 11.6. The van der Waals surface area contributed by atoms with Gasteiger partial charge >= 0.3 is 6.03 Å². The van der Waals surface area contributed by atoms with Crippen LogP contribution in [0.15, 0.2) is 36.4 Å². The fraction of sp³-hybridized carbons (Fsp3) is 0.500. The maximum atomic E-state index is 13.6. The van der Waals surface area contributed by atoms with Crippen LogP contribution in [-0.2, 0) is 10.2 Å². The van der Waals surface area contributed by atoms with Crippen LogP contribution in [0.25, 0.3) is 0 Å². The third-order valence-electron chi connectivity index (χ3n) is 7.71. The molecule has 0 spiro atoms. The molecular formula is C28H36F2N4O4. The van der Waals surface area contributed by atoms with Crippen LogP contribution in [-0.4, -0.2) is 62.3 Å². The summed E-state index contributed by atoms with van der Waals surface area (Å²) in [4.78, 5) is 27.9. The van der Waals surface area contributed by atoms with Gasteiger partial charge in [-0.15, -0.1) is 0 Å². The first-order chi connectivity index (χ1) is 18.2. The zero-order valence-corrected chi connectivity index (χ0v) is 22.3. The molecule has 0 unspecified atom stereocenters. The maximum absolute atomic E-state index is 13.6. The molecule has 1 heterocycles. The van der Waals surface area contributed by atoms with E-state index in [0.29, 0.717) is 30.9 Å². The predicted molar refractivity (Wildman–Crippen MR) is 141 cm³/mol. The van der Waals surface area contributed by atoms with Gasteiger partial charge in [-0.3, -0.25) is 4.79 Å². The number of urea groups is 1. The van der Waals surface area contributed by atoms with Gasteiger partial charge < -0.3 is 30.3 Å². The lowest BCUT2D eigenvalue weighted by Gasteiger charge is -2.45. The molecule has 3 N–H and O–H groups in total. The summed E-state index contributed by atoms with van der Waals surface area (Å²) in [6.07, 6.45) is 2.81. The summed E-state index contributed by atoms with van der Waals surface area (Å²) < 4.78 is 37.8. The SMILES string of the molecule is COc1ccc([C@@]23CC[C@@H](NC(=O)Nc4ccc(F)c(F)c4)C[C@@H]2N(C(=O)CNC(C)C)CC3)cc1OC. The largest absolute Gasteiger partial charge is 0.493 e. The Kier molecular flexibility index (Phi) is 8.40. The highest BCUT2D eigenvalue weighted by Gasteiger charge is 2.53. The van der Waals surface area contributed by atoms with Crippen LogP contribution >= 0.6 is 0 Å². The van der Waals surface area contributed by atoms with Gasteiger partial charge in [0, 0.05) is 41.8 Å². The minimum atomic E-state index is -1.03. The Bertz CT molecular complexity index is 1180. The van der Waals surface area contributed by atoms with Crippen molar-refractivity contribution < 1.29 is 27.8 Å². The van der Waals surface area contributed by atoms with Gasteiger partial charge in [0.2, 0.25) is 5.91 Å². The van der Waals surface area contributed by atoms with Crippen molar-refractivity contribution in [2.24, 2.45) is 0 Å². The summed E-state index contributed by atoms with van der Waals surface area (Å²) in [5, 5.41) is 8.76. The molecule has 4 rings (SSSR count). The first-order valence-electron chi connectivity index (χ1n) is 12.9. The summed E-state index contributed by atoms with van der Waals surface area (Å²) >= 11 is 0. The number of nitrogens with one attached hydrogen (secondary N) is 3. The molecule has 10 heteroatoms. The average Bonchev–Trinajstić information content (AvgIpc) is 3.29. The number of nitrogens with zero attached hydrogens (tertiary/aromatic N) is 1. The Morgan fingerprint density at radius 1 is 1.05 bits per heavy atom. The number of rotatable bonds is 8. The number of benzene rings is 2. The first kappa shape index (κ1) is 27.6. The van der Waals surface area contributed by atoms with Crippen LogP contribution in [0.4, 0.5) is 19.3 Å². The number of ether oxygens (including phenoxy) is 2. The van der Waals surface area contributed by atoms with E-state index in [-0.39, 0.29) is 41.7 Å². The van der Waals surface area contributed by atoms with E-state index in [1.54, 1.807) is 14.2 Å². The number of methoxy groups -OCH3 is 2. The molecule has 206 valence electrons. The second-order valence-electron chi connectivity index (χ2n) is 10.3. The topological polar surface area (TPSA) is 91.9 Å². The van der Waals surface area contributed by atoms with Gasteiger partial charge in [-0.1, -0.05) is 19.9 Å². The molecule has 8 nitrogen and oxygen atoms in total. The summed E-state index contributed by atoms with van der Waals surface area (Å²) in [6, 6.07) is 8.48. The summed E-state index contributed by atoms with van der Waals surface area (Å²) in [7, 11) is 3.20. The normalized spacial score (nSPS) is 22.7. The number of likely N-dealkylation sites (tertiary alicyclic amines) is 1. The van der Waals surface area contributed by atoms with E-state index in [1.807, 2.05) is 36.9 Å². The molecule has 38 heavy (non-hydrogen) atoms. The number of halogens is 2. The standard InChI is InChI=1S/C28H36F2N4O4/c1-17(2)31-16-26(35)34-12-11-28(18-5-8-23(37-3)24(13-18)38-4)10-9-20(15-25(28)34)33-27(36)32-19-6-7-21(29)22(30)14-19/h5-8,13-14,17,20,25,31H,9-12,15-16H2,1-4H3,(H2,32,33,36)/t20-,25+,28+/m1/s1. The Balaban J connectivity index is 1.55. The van der Waals surface area contributed by atoms with Gasteiger partial charge in [0.25, 0.3) is 0 Å². The summed E-state index contributed by atoms with van der Waals surface area (Å²) in [5.41, 5.74) is 0.952. The minimum absolute atomic E-state index is 0.0259. The lowest BCUT2D eigenvalue weighted by molar-refractivity contribution is -0.132. The molecule has 2 aliphatic rings. The average molecular weight is 531 g/mol. The van der Waals surface area contributed by atoms with Crippen molar-refractivity contribution in [1.82, 2.24) is 15.5 Å². The van der Waals surface area contributed by atoms with Gasteiger partial charge in [-0.2, -0.15) is 0 Å². The molecule has 1 aliphatic carbocycles. The van der Waals surface area contributed by atoms with Gasteiger partial charge in [0.15, 0.2) is 23.1 Å². The van der Waals surface area contributed by atoms with Crippen molar-refractivity contribution in [2.75, 3.05) is 32.6 Å². The van der Waals surface area contributed by atoms with Crippen molar-refractivity contribution in [1.29, 1.82) is 0 Å². The number of fused-ring (bicyclic) bond motifs is 1. The molecular weight excluding hydrogens is 494 g/mol. The van der Waals surface area contributed by atoms with E-state index < -0.39 is 17.7 Å². The number of carbonyl (C=O) groups excluding carboxylic acids is 2. The van der Waals surface area contributed by atoms with Crippen LogP contribution in [0.5, 0.6) is 11.5 Å². The predicted octanol–water partition coefficient (Wildman–Crippen LogP) is 4.19. The Morgan fingerprint density at radius 2 is 1.82 bits per heavy atom. The fourth-order valence-electron chi connectivity index (χ4n) is 5.78. The first-order valence-corrected chi connectivity index (χ1v) is 12.9. The molecule has 1 saturated heterocycles. The molecule has 0 bridgehead atoms. The highest BCUT2D eigenvalue weighted by atomic mass is 19.2. The minimum Gasteiger partial charge on any atom is -0.493 e. The second-order valence-corrected chi connectivity index (χ2v) is 10.3. The Hall–Kier alpha value is -3.40. The third kappa shape index (κ3) is 5.70. The number of amides is 3. The quantitative estimate of drug-likeness (QED) is 0.476. The van der Waals surface area contributed by atoms with E-state index in [4.69, 9.17) is 9.47 Å². The number of anilines is 1. The number of hydrogen-bond donors (Lipinski definition) is 3.